The fourth-order valence-corrected chi connectivity index (χ4v) is 2.04. The van der Waals surface area contributed by atoms with Crippen molar-refractivity contribution in [1.29, 1.82) is 0 Å². The van der Waals surface area contributed by atoms with Crippen LogP contribution in [0.15, 0.2) is 30.3 Å². The third-order valence-corrected chi connectivity index (χ3v) is 3.29. The first-order chi connectivity index (χ1) is 13.2. The van der Waals surface area contributed by atoms with Crippen LogP contribution >= 0.6 is 0 Å². The van der Waals surface area contributed by atoms with E-state index < -0.39 is 11.7 Å². The van der Waals surface area contributed by atoms with E-state index in [9.17, 15) is 14.4 Å². The Bertz CT molecular complexity index is 695. The third-order valence-electron chi connectivity index (χ3n) is 3.29. The van der Waals surface area contributed by atoms with Gasteiger partial charge in [0, 0.05) is 32.1 Å². The average Bonchev–Trinajstić information content (AvgIpc) is 2.62. The Morgan fingerprint density at radius 1 is 1.04 bits per heavy atom. The molecule has 154 valence electrons. The maximum atomic E-state index is 11.8. The number of methoxy groups -OCH3 is 1. The summed E-state index contributed by atoms with van der Waals surface area (Å²) in [4.78, 5) is 34.9. The molecule has 0 bridgehead atoms. The zero-order valence-corrected chi connectivity index (χ0v) is 16.8. The van der Waals surface area contributed by atoms with Gasteiger partial charge in [0.15, 0.2) is 0 Å². The molecule has 1 aromatic carbocycles. The topological polar surface area (TPSA) is 106 Å². The van der Waals surface area contributed by atoms with E-state index in [1.807, 2.05) is 24.3 Å². The van der Waals surface area contributed by atoms with Crippen LogP contribution in [-0.4, -0.2) is 50.3 Å². The number of hydrogen-bond acceptors (Lipinski definition) is 5. The molecule has 0 saturated heterocycles. The zero-order valence-electron chi connectivity index (χ0n) is 16.8. The molecular weight excluding hydrogens is 362 g/mol. The largest absolute Gasteiger partial charge is 0.497 e. The van der Waals surface area contributed by atoms with Gasteiger partial charge in [-0.15, -0.1) is 0 Å². The number of carbonyl (C=O) groups is 3. The predicted molar refractivity (Wildman–Crippen MR) is 107 cm³/mol. The van der Waals surface area contributed by atoms with Crippen molar-refractivity contribution in [1.82, 2.24) is 16.0 Å². The molecule has 8 heteroatoms. The molecule has 1 aromatic rings. The van der Waals surface area contributed by atoms with Crippen LogP contribution in [0.4, 0.5) is 4.79 Å². The highest BCUT2D eigenvalue weighted by atomic mass is 16.6. The number of amides is 3. The Morgan fingerprint density at radius 3 is 2.43 bits per heavy atom. The SMILES string of the molecule is COc1cccc(/C=C/C(=O)NCCNC(=O)CCNC(=O)OC(C)(C)C)c1. The molecule has 1 rings (SSSR count). The van der Waals surface area contributed by atoms with Crippen LogP contribution in [-0.2, 0) is 14.3 Å². The fourth-order valence-electron chi connectivity index (χ4n) is 2.04. The molecule has 0 aromatic heterocycles. The molecule has 0 aliphatic heterocycles. The monoisotopic (exact) mass is 391 g/mol. The van der Waals surface area contributed by atoms with Crippen LogP contribution in [0.5, 0.6) is 5.75 Å². The Labute approximate surface area is 165 Å². The number of ether oxygens (including phenoxy) is 2. The molecule has 0 radical (unpaired) electrons. The molecule has 0 heterocycles. The second kappa shape index (κ2) is 11.6. The number of benzene rings is 1. The lowest BCUT2D eigenvalue weighted by molar-refractivity contribution is -0.121. The van der Waals surface area contributed by atoms with E-state index in [1.165, 1.54) is 6.08 Å². The maximum absolute atomic E-state index is 11.8. The van der Waals surface area contributed by atoms with E-state index >= 15 is 0 Å². The second-order valence-electron chi connectivity index (χ2n) is 6.93. The van der Waals surface area contributed by atoms with Crippen LogP contribution in [0.2, 0.25) is 0 Å². The molecule has 3 amide bonds. The van der Waals surface area contributed by atoms with E-state index in [-0.39, 0.29) is 24.8 Å². The molecule has 0 saturated carbocycles. The maximum Gasteiger partial charge on any atom is 0.407 e. The van der Waals surface area contributed by atoms with Gasteiger partial charge in [0.1, 0.15) is 11.4 Å². The van der Waals surface area contributed by atoms with Crippen molar-refractivity contribution in [3.8, 4) is 5.75 Å². The Morgan fingerprint density at radius 2 is 1.75 bits per heavy atom. The minimum Gasteiger partial charge on any atom is -0.497 e. The quantitative estimate of drug-likeness (QED) is 0.440. The van der Waals surface area contributed by atoms with Crippen LogP contribution in [0.25, 0.3) is 6.08 Å². The summed E-state index contributed by atoms with van der Waals surface area (Å²) in [5.74, 6) is 0.229. The van der Waals surface area contributed by atoms with Crippen LogP contribution < -0.4 is 20.7 Å². The van der Waals surface area contributed by atoms with Crippen LogP contribution in [0.1, 0.15) is 32.8 Å². The number of hydrogen-bond donors (Lipinski definition) is 3. The minimum absolute atomic E-state index is 0.128. The van der Waals surface area contributed by atoms with E-state index in [0.717, 1.165) is 5.56 Å². The summed E-state index contributed by atoms with van der Waals surface area (Å²) in [6.07, 6.45) is 2.67. The van der Waals surface area contributed by atoms with Gasteiger partial charge in [-0.1, -0.05) is 12.1 Å². The number of rotatable bonds is 9. The second-order valence-corrected chi connectivity index (χ2v) is 6.93. The predicted octanol–water partition coefficient (Wildman–Crippen LogP) is 1.86. The lowest BCUT2D eigenvalue weighted by Gasteiger charge is -2.19. The summed E-state index contributed by atoms with van der Waals surface area (Å²) in [7, 11) is 1.58. The van der Waals surface area contributed by atoms with E-state index in [4.69, 9.17) is 9.47 Å². The van der Waals surface area contributed by atoms with Gasteiger partial charge in [-0.2, -0.15) is 0 Å². The Kier molecular flexibility index (Phi) is 9.56. The highest BCUT2D eigenvalue weighted by Gasteiger charge is 2.15. The van der Waals surface area contributed by atoms with Crippen molar-refractivity contribution in [3.63, 3.8) is 0 Å². The molecular formula is C20H29N3O5. The van der Waals surface area contributed by atoms with Crippen LogP contribution in [0, 0.1) is 0 Å². The first-order valence-corrected chi connectivity index (χ1v) is 9.03. The van der Waals surface area contributed by atoms with Crippen molar-refractivity contribution >= 4 is 24.0 Å². The Balaban J connectivity index is 2.16. The van der Waals surface area contributed by atoms with Gasteiger partial charge in [0.2, 0.25) is 11.8 Å². The van der Waals surface area contributed by atoms with Gasteiger partial charge in [-0.3, -0.25) is 9.59 Å². The molecule has 0 spiro atoms. The zero-order chi connectivity index (χ0) is 21.0. The van der Waals surface area contributed by atoms with Crippen molar-refractivity contribution in [3.05, 3.63) is 35.9 Å². The standard InChI is InChI=1S/C20H29N3O5/c1-20(2,3)28-19(26)23-11-10-18(25)22-13-12-21-17(24)9-8-15-6-5-7-16(14-15)27-4/h5-9,14H,10-13H2,1-4H3,(H,21,24)(H,22,25)(H,23,26)/b9-8+. The Hall–Kier alpha value is -3.03. The third kappa shape index (κ3) is 10.8. The van der Waals surface area contributed by atoms with Gasteiger partial charge in [0.25, 0.3) is 0 Å². The van der Waals surface area contributed by atoms with E-state index in [2.05, 4.69) is 16.0 Å². The summed E-state index contributed by atoms with van der Waals surface area (Å²) >= 11 is 0. The summed E-state index contributed by atoms with van der Waals surface area (Å²) < 4.78 is 10.2. The summed E-state index contributed by atoms with van der Waals surface area (Å²) in [6, 6.07) is 7.33. The summed E-state index contributed by atoms with van der Waals surface area (Å²) in [6.45, 7) is 6.06. The highest BCUT2D eigenvalue weighted by Crippen LogP contribution is 2.13. The molecule has 0 unspecified atom stereocenters. The normalized spacial score (nSPS) is 11.0. The number of carbonyl (C=O) groups excluding carboxylic acids is 3. The first-order valence-electron chi connectivity index (χ1n) is 9.03. The molecule has 0 fully saturated rings. The smallest absolute Gasteiger partial charge is 0.407 e. The van der Waals surface area contributed by atoms with Gasteiger partial charge >= 0.3 is 6.09 Å². The van der Waals surface area contributed by atoms with E-state index in [0.29, 0.717) is 18.8 Å². The number of alkyl carbamates (subject to hydrolysis) is 1. The summed E-state index contributed by atoms with van der Waals surface area (Å²) in [5, 5.41) is 7.85. The van der Waals surface area contributed by atoms with Crippen molar-refractivity contribution in [2.75, 3.05) is 26.7 Å². The lowest BCUT2D eigenvalue weighted by atomic mass is 10.2. The minimum atomic E-state index is -0.578. The van der Waals surface area contributed by atoms with Gasteiger partial charge in [-0.05, 0) is 44.5 Å². The van der Waals surface area contributed by atoms with Crippen molar-refractivity contribution in [2.24, 2.45) is 0 Å². The van der Waals surface area contributed by atoms with Gasteiger partial charge < -0.3 is 25.4 Å². The molecule has 0 atom stereocenters. The highest BCUT2D eigenvalue weighted by molar-refractivity contribution is 5.91. The fraction of sp³-hybridized carbons (Fsp3) is 0.450. The van der Waals surface area contributed by atoms with Crippen molar-refractivity contribution in [2.45, 2.75) is 32.8 Å². The molecule has 0 aliphatic rings. The first kappa shape index (κ1) is 23.0. The number of nitrogens with one attached hydrogen (secondary N) is 3. The molecule has 3 N–H and O–H groups in total. The molecule has 28 heavy (non-hydrogen) atoms. The lowest BCUT2D eigenvalue weighted by Crippen LogP contribution is -2.37. The van der Waals surface area contributed by atoms with Crippen molar-refractivity contribution < 1.29 is 23.9 Å². The summed E-state index contributed by atoms with van der Waals surface area (Å²) in [5.41, 5.74) is 0.270. The molecule has 0 aliphatic carbocycles. The van der Waals surface area contributed by atoms with Gasteiger partial charge in [-0.25, -0.2) is 4.79 Å². The van der Waals surface area contributed by atoms with E-state index in [1.54, 1.807) is 34.0 Å². The van der Waals surface area contributed by atoms with Crippen LogP contribution in [0.3, 0.4) is 0 Å². The average molecular weight is 391 g/mol. The van der Waals surface area contributed by atoms with Gasteiger partial charge in [0.05, 0.1) is 7.11 Å². The molecule has 8 nitrogen and oxygen atoms in total.